The molecule has 16 heavy (non-hydrogen) atoms. The molecule has 1 aromatic rings. The van der Waals surface area contributed by atoms with Gasteiger partial charge in [0.1, 0.15) is 5.82 Å². The van der Waals surface area contributed by atoms with Crippen LogP contribution in [0.2, 0.25) is 0 Å². The van der Waals surface area contributed by atoms with Gasteiger partial charge in [-0.15, -0.1) is 34.0 Å². The molecule has 2 fully saturated rings. The highest BCUT2D eigenvalue weighted by atomic mass is 79.9. The van der Waals surface area contributed by atoms with Crippen molar-refractivity contribution in [2.75, 3.05) is 18.0 Å². The molecule has 0 aliphatic carbocycles. The molecular weight excluding hydrogens is 339 g/mol. The molecule has 2 heterocycles. The summed E-state index contributed by atoms with van der Waals surface area (Å²) in [6.45, 7) is 2.14. The standard InChI is InChI=1S/C11H13FN2.2BrH/c12-8-1-3-10(4-2-8)14-7-9-5-11(14)6-13-9;;/h1-4,9,11,13H,5-7H2;2*1H/t9-,11-;;/m0../s1. The van der Waals surface area contributed by atoms with Gasteiger partial charge in [-0.25, -0.2) is 4.39 Å². The summed E-state index contributed by atoms with van der Waals surface area (Å²) >= 11 is 0. The summed E-state index contributed by atoms with van der Waals surface area (Å²) < 4.78 is 12.7. The number of nitrogens with zero attached hydrogens (tertiary/aromatic N) is 1. The zero-order chi connectivity index (χ0) is 9.54. The van der Waals surface area contributed by atoms with Gasteiger partial charge in [-0.05, 0) is 30.7 Å². The van der Waals surface area contributed by atoms with Gasteiger partial charge in [0.2, 0.25) is 0 Å². The molecule has 2 bridgehead atoms. The summed E-state index contributed by atoms with van der Waals surface area (Å²) in [5.41, 5.74) is 1.15. The number of rotatable bonds is 1. The van der Waals surface area contributed by atoms with Crippen molar-refractivity contribution in [2.24, 2.45) is 0 Å². The molecule has 2 aliphatic rings. The molecule has 0 spiro atoms. The van der Waals surface area contributed by atoms with E-state index in [2.05, 4.69) is 10.2 Å². The van der Waals surface area contributed by atoms with E-state index in [4.69, 9.17) is 0 Å². The van der Waals surface area contributed by atoms with Crippen LogP contribution in [0.4, 0.5) is 10.1 Å². The fraction of sp³-hybridized carbons (Fsp3) is 0.455. The van der Waals surface area contributed by atoms with Crippen LogP contribution in [0, 0.1) is 5.82 Å². The second kappa shape index (κ2) is 5.47. The van der Waals surface area contributed by atoms with E-state index < -0.39 is 0 Å². The summed E-state index contributed by atoms with van der Waals surface area (Å²) in [6, 6.07) is 8.07. The highest BCUT2D eigenvalue weighted by molar-refractivity contribution is 8.93. The van der Waals surface area contributed by atoms with E-state index in [1.807, 2.05) is 12.1 Å². The highest BCUT2D eigenvalue weighted by Gasteiger charge is 2.37. The van der Waals surface area contributed by atoms with Crippen LogP contribution < -0.4 is 10.2 Å². The second-order valence-electron chi connectivity index (χ2n) is 4.12. The predicted octanol–water partition coefficient (Wildman–Crippen LogP) is 2.53. The highest BCUT2D eigenvalue weighted by Crippen LogP contribution is 2.29. The summed E-state index contributed by atoms with van der Waals surface area (Å²) in [5, 5.41) is 3.45. The van der Waals surface area contributed by atoms with Crippen LogP contribution in [0.5, 0.6) is 0 Å². The lowest BCUT2D eigenvalue weighted by Gasteiger charge is -2.29. The lowest BCUT2D eigenvalue weighted by Crippen LogP contribution is -2.43. The lowest BCUT2D eigenvalue weighted by molar-refractivity contribution is 0.579. The molecule has 0 amide bonds. The Morgan fingerprint density at radius 2 is 1.88 bits per heavy atom. The molecule has 0 saturated carbocycles. The molecule has 0 aromatic heterocycles. The second-order valence-corrected chi connectivity index (χ2v) is 4.12. The Hall–Kier alpha value is -0.130. The molecule has 2 nitrogen and oxygen atoms in total. The summed E-state index contributed by atoms with van der Waals surface area (Å²) in [5.74, 6) is -0.156. The Morgan fingerprint density at radius 3 is 2.38 bits per heavy atom. The average molecular weight is 354 g/mol. The third kappa shape index (κ3) is 2.41. The average Bonchev–Trinajstić information content (AvgIpc) is 2.80. The van der Waals surface area contributed by atoms with Crippen LogP contribution in [0.25, 0.3) is 0 Å². The first-order chi connectivity index (χ1) is 6.83. The zero-order valence-electron chi connectivity index (χ0n) is 8.73. The monoisotopic (exact) mass is 352 g/mol. The third-order valence-electron chi connectivity index (χ3n) is 3.21. The molecular formula is C11H15Br2FN2. The summed E-state index contributed by atoms with van der Waals surface area (Å²) in [4.78, 5) is 2.38. The van der Waals surface area contributed by atoms with Crippen LogP contribution in [0.1, 0.15) is 6.42 Å². The minimum absolute atomic E-state index is 0. The smallest absolute Gasteiger partial charge is 0.123 e. The molecule has 5 heteroatoms. The molecule has 0 radical (unpaired) electrons. The van der Waals surface area contributed by atoms with E-state index in [0.29, 0.717) is 12.1 Å². The Balaban J connectivity index is 0.000000640. The first-order valence-corrected chi connectivity index (χ1v) is 5.08. The van der Waals surface area contributed by atoms with Gasteiger partial charge in [0.25, 0.3) is 0 Å². The molecule has 2 saturated heterocycles. The Morgan fingerprint density at radius 1 is 1.19 bits per heavy atom. The van der Waals surface area contributed by atoms with Gasteiger partial charge in [-0.1, -0.05) is 0 Å². The Kier molecular flexibility index (Phi) is 4.76. The quantitative estimate of drug-likeness (QED) is 0.834. The number of hydrogen-bond acceptors (Lipinski definition) is 2. The molecule has 0 unspecified atom stereocenters. The third-order valence-corrected chi connectivity index (χ3v) is 3.21. The molecule has 90 valence electrons. The van der Waals surface area contributed by atoms with E-state index in [-0.39, 0.29) is 39.8 Å². The van der Waals surface area contributed by atoms with Crippen LogP contribution in [0.3, 0.4) is 0 Å². The maximum Gasteiger partial charge on any atom is 0.123 e. The number of halogens is 3. The molecule has 1 aromatic carbocycles. The van der Waals surface area contributed by atoms with Gasteiger partial charge in [-0.2, -0.15) is 0 Å². The zero-order valence-corrected chi connectivity index (χ0v) is 12.2. The van der Waals surface area contributed by atoms with Gasteiger partial charge < -0.3 is 10.2 Å². The maximum absolute atomic E-state index is 12.7. The van der Waals surface area contributed by atoms with Crippen LogP contribution >= 0.6 is 34.0 Å². The van der Waals surface area contributed by atoms with Crippen LogP contribution in [-0.2, 0) is 0 Å². The molecule has 2 atom stereocenters. The summed E-state index contributed by atoms with van der Waals surface area (Å²) in [7, 11) is 0. The number of benzene rings is 1. The normalized spacial score (nSPS) is 26.2. The van der Waals surface area contributed by atoms with Crippen LogP contribution in [0.15, 0.2) is 24.3 Å². The van der Waals surface area contributed by atoms with Crippen molar-refractivity contribution in [3.63, 3.8) is 0 Å². The Labute approximate surface area is 116 Å². The predicted molar refractivity (Wildman–Crippen MR) is 74.6 cm³/mol. The van der Waals surface area contributed by atoms with E-state index in [9.17, 15) is 4.39 Å². The van der Waals surface area contributed by atoms with E-state index in [1.54, 1.807) is 0 Å². The fourth-order valence-corrected chi connectivity index (χ4v) is 2.51. The van der Waals surface area contributed by atoms with Gasteiger partial charge in [0.15, 0.2) is 0 Å². The van der Waals surface area contributed by atoms with Gasteiger partial charge in [-0.3, -0.25) is 0 Å². The minimum atomic E-state index is -0.156. The molecule has 2 aliphatic heterocycles. The number of hydrogen-bond donors (Lipinski definition) is 1. The van der Waals surface area contributed by atoms with Crippen molar-refractivity contribution in [3.8, 4) is 0 Å². The van der Waals surface area contributed by atoms with E-state index in [0.717, 1.165) is 18.8 Å². The Bertz CT molecular complexity index is 344. The number of fused-ring (bicyclic) bond motifs is 2. The van der Waals surface area contributed by atoms with Gasteiger partial charge in [0.05, 0.1) is 0 Å². The van der Waals surface area contributed by atoms with Gasteiger partial charge in [0, 0.05) is 30.9 Å². The molecule has 1 N–H and O–H groups in total. The van der Waals surface area contributed by atoms with Crippen molar-refractivity contribution in [1.29, 1.82) is 0 Å². The van der Waals surface area contributed by atoms with Crippen molar-refractivity contribution in [3.05, 3.63) is 30.1 Å². The van der Waals surface area contributed by atoms with Crippen molar-refractivity contribution in [1.82, 2.24) is 5.32 Å². The van der Waals surface area contributed by atoms with Crippen molar-refractivity contribution >= 4 is 39.7 Å². The van der Waals surface area contributed by atoms with Crippen molar-refractivity contribution < 1.29 is 4.39 Å². The largest absolute Gasteiger partial charge is 0.366 e. The summed E-state index contributed by atoms with van der Waals surface area (Å²) in [6.07, 6.45) is 1.23. The maximum atomic E-state index is 12.7. The lowest BCUT2D eigenvalue weighted by atomic mass is 10.2. The SMILES string of the molecule is Br.Br.Fc1ccc(N2C[C@@H]3C[C@H]2CN3)cc1. The first-order valence-electron chi connectivity index (χ1n) is 5.08. The van der Waals surface area contributed by atoms with E-state index >= 15 is 0 Å². The minimum Gasteiger partial charge on any atom is -0.366 e. The number of anilines is 1. The van der Waals surface area contributed by atoms with E-state index in [1.165, 1.54) is 18.6 Å². The fourth-order valence-electron chi connectivity index (χ4n) is 2.51. The number of nitrogens with one attached hydrogen (secondary N) is 1. The number of piperazine rings is 1. The topological polar surface area (TPSA) is 15.3 Å². The molecule has 3 rings (SSSR count). The van der Waals surface area contributed by atoms with Crippen LogP contribution in [-0.4, -0.2) is 25.2 Å². The first kappa shape index (κ1) is 13.9. The van der Waals surface area contributed by atoms with Crippen molar-refractivity contribution in [2.45, 2.75) is 18.5 Å². The van der Waals surface area contributed by atoms with Gasteiger partial charge >= 0.3 is 0 Å².